The molecular weight excluding hydrogens is 470 g/mol. The van der Waals surface area contributed by atoms with E-state index in [1.807, 2.05) is 18.2 Å². The Morgan fingerprint density at radius 2 is 1.82 bits per heavy atom. The smallest absolute Gasteiger partial charge is 0.251 e. The number of hydrogen-bond donors (Lipinski definition) is 2. The molecule has 0 aromatic heterocycles. The first kappa shape index (κ1) is 24.5. The first-order chi connectivity index (χ1) is 16.4. The number of fused-ring (bicyclic) bond motifs is 1. The van der Waals surface area contributed by atoms with E-state index in [0.717, 1.165) is 19.3 Å². The Morgan fingerprint density at radius 3 is 2.50 bits per heavy atom. The van der Waals surface area contributed by atoms with Crippen molar-refractivity contribution in [2.45, 2.75) is 34.8 Å². The first-order valence-corrected chi connectivity index (χ1v) is 13.8. The van der Waals surface area contributed by atoms with Gasteiger partial charge in [-0.15, -0.1) is 11.8 Å². The van der Waals surface area contributed by atoms with E-state index in [4.69, 9.17) is 0 Å². The molecule has 2 saturated heterocycles. The van der Waals surface area contributed by atoms with Crippen LogP contribution in [-0.4, -0.2) is 54.8 Å². The van der Waals surface area contributed by atoms with Crippen LogP contribution in [-0.2, 0) is 21.2 Å². The molecule has 3 unspecified atom stereocenters. The Morgan fingerprint density at radius 1 is 1.09 bits per heavy atom. The summed E-state index contributed by atoms with van der Waals surface area (Å²) in [7, 11) is -3.64. The number of carbonyl (C=O) groups excluding carboxylic acids is 2. The average molecular weight is 500 g/mol. The Bertz CT molecular complexity index is 1120. The lowest BCUT2D eigenvalue weighted by atomic mass is 10.1. The fraction of sp³-hybridized carbons (Fsp3) is 0.360. The van der Waals surface area contributed by atoms with Crippen molar-refractivity contribution in [2.24, 2.45) is 5.92 Å². The van der Waals surface area contributed by atoms with Gasteiger partial charge >= 0.3 is 0 Å². The van der Waals surface area contributed by atoms with Gasteiger partial charge in [-0.05, 0) is 61.1 Å². The second kappa shape index (κ2) is 10.8. The number of sulfonamides is 1. The molecule has 2 aromatic rings. The zero-order valence-corrected chi connectivity index (χ0v) is 20.5. The van der Waals surface area contributed by atoms with Crippen molar-refractivity contribution in [2.75, 3.05) is 19.6 Å². The predicted octanol–water partition coefficient (Wildman–Crippen LogP) is 2.80. The van der Waals surface area contributed by atoms with E-state index in [0.29, 0.717) is 25.2 Å². The number of carbonyl (C=O) groups is 2. The molecule has 0 saturated carbocycles. The highest BCUT2D eigenvalue weighted by atomic mass is 32.2. The average Bonchev–Trinajstić information content (AvgIpc) is 3.41. The SMILES string of the molecule is C=CC(=O)NC1CC2CN(S(=O)(=O)c3ccc(C(=O)NCCCc4ccccc4)cc3)CC2S1. The van der Waals surface area contributed by atoms with Crippen molar-refractivity contribution in [3.8, 4) is 0 Å². The summed E-state index contributed by atoms with van der Waals surface area (Å²) >= 11 is 1.62. The van der Waals surface area contributed by atoms with Crippen LogP contribution in [0.2, 0.25) is 0 Å². The lowest BCUT2D eigenvalue weighted by Gasteiger charge is -2.19. The fourth-order valence-corrected chi connectivity index (χ4v) is 7.67. The summed E-state index contributed by atoms with van der Waals surface area (Å²) in [6, 6.07) is 16.2. The normalized spacial score (nSPS) is 22.2. The minimum absolute atomic E-state index is 0.00385. The number of amides is 2. The quantitative estimate of drug-likeness (QED) is 0.409. The number of nitrogens with zero attached hydrogens (tertiary/aromatic N) is 1. The summed E-state index contributed by atoms with van der Waals surface area (Å²) in [6.07, 6.45) is 3.70. The molecule has 2 aliphatic heterocycles. The molecule has 0 bridgehead atoms. The van der Waals surface area contributed by atoms with Crippen molar-refractivity contribution >= 4 is 33.6 Å². The molecule has 0 spiro atoms. The summed E-state index contributed by atoms with van der Waals surface area (Å²) in [5.74, 6) is -0.213. The molecule has 0 radical (unpaired) electrons. The first-order valence-electron chi connectivity index (χ1n) is 11.4. The minimum Gasteiger partial charge on any atom is -0.352 e. The van der Waals surface area contributed by atoms with Gasteiger partial charge in [0.05, 0.1) is 10.3 Å². The number of thioether (sulfide) groups is 1. The van der Waals surface area contributed by atoms with Crippen LogP contribution < -0.4 is 10.6 Å². The maximum absolute atomic E-state index is 13.1. The second-order valence-electron chi connectivity index (χ2n) is 8.56. The van der Waals surface area contributed by atoms with Crippen LogP contribution in [0.25, 0.3) is 0 Å². The topological polar surface area (TPSA) is 95.6 Å². The van der Waals surface area contributed by atoms with E-state index in [2.05, 4.69) is 29.3 Å². The Kier molecular flexibility index (Phi) is 7.75. The summed E-state index contributed by atoms with van der Waals surface area (Å²) in [6.45, 7) is 4.87. The van der Waals surface area contributed by atoms with Gasteiger partial charge in [-0.25, -0.2) is 8.42 Å². The third-order valence-electron chi connectivity index (χ3n) is 6.22. The number of aryl methyl sites for hydroxylation is 1. The second-order valence-corrected chi connectivity index (χ2v) is 11.9. The Labute approximate surface area is 205 Å². The van der Waals surface area contributed by atoms with Crippen molar-refractivity contribution in [1.29, 1.82) is 0 Å². The molecule has 2 aliphatic rings. The summed E-state index contributed by atoms with van der Waals surface area (Å²) in [4.78, 5) is 24.1. The highest BCUT2D eigenvalue weighted by molar-refractivity contribution is 8.00. The fourth-order valence-electron chi connectivity index (χ4n) is 4.40. The predicted molar refractivity (Wildman–Crippen MR) is 134 cm³/mol. The largest absolute Gasteiger partial charge is 0.352 e. The summed E-state index contributed by atoms with van der Waals surface area (Å²) in [5.41, 5.74) is 1.67. The van der Waals surface area contributed by atoms with E-state index in [1.165, 1.54) is 28.1 Å². The molecule has 180 valence electrons. The van der Waals surface area contributed by atoms with Gasteiger partial charge in [0, 0.05) is 30.4 Å². The van der Waals surface area contributed by atoms with Gasteiger partial charge in [-0.2, -0.15) is 4.31 Å². The van der Waals surface area contributed by atoms with E-state index in [1.54, 1.807) is 23.9 Å². The Hall–Kier alpha value is -2.62. The molecule has 2 fully saturated rings. The molecule has 2 heterocycles. The Balaban J connectivity index is 1.28. The van der Waals surface area contributed by atoms with E-state index < -0.39 is 10.0 Å². The van der Waals surface area contributed by atoms with Crippen LogP contribution in [0.15, 0.2) is 72.1 Å². The number of rotatable bonds is 9. The van der Waals surface area contributed by atoms with Crippen LogP contribution in [0.1, 0.15) is 28.8 Å². The summed E-state index contributed by atoms with van der Waals surface area (Å²) in [5, 5.41) is 5.93. The third kappa shape index (κ3) is 5.71. The maximum atomic E-state index is 13.1. The van der Waals surface area contributed by atoms with Gasteiger partial charge in [-0.3, -0.25) is 9.59 Å². The van der Waals surface area contributed by atoms with Gasteiger partial charge < -0.3 is 10.6 Å². The van der Waals surface area contributed by atoms with Crippen LogP contribution in [0.4, 0.5) is 0 Å². The standard InChI is InChI=1S/C25H29N3O4S2/c1-2-23(29)27-24-15-20-16-28(17-22(20)33-24)34(31,32)21-12-10-19(11-13-21)25(30)26-14-6-9-18-7-4-3-5-8-18/h2-5,7-8,10-13,20,22,24H,1,6,9,14-17H2,(H,26,30)(H,27,29). The molecular formula is C25H29N3O4S2. The van der Waals surface area contributed by atoms with Crippen LogP contribution in [0.5, 0.6) is 0 Å². The third-order valence-corrected chi connectivity index (χ3v) is 9.59. The molecule has 0 aliphatic carbocycles. The highest BCUT2D eigenvalue weighted by Gasteiger charge is 2.45. The monoisotopic (exact) mass is 499 g/mol. The molecule has 2 amide bonds. The summed E-state index contributed by atoms with van der Waals surface area (Å²) < 4.78 is 27.8. The van der Waals surface area contributed by atoms with Crippen molar-refractivity contribution < 1.29 is 18.0 Å². The number of benzene rings is 2. The van der Waals surface area contributed by atoms with Gasteiger partial charge in [-0.1, -0.05) is 36.9 Å². The van der Waals surface area contributed by atoms with Crippen LogP contribution in [0, 0.1) is 5.92 Å². The molecule has 34 heavy (non-hydrogen) atoms. The van der Waals surface area contributed by atoms with E-state index in [-0.39, 0.29) is 33.3 Å². The molecule has 7 nitrogen and oxygen atoms in total. The molecule has 2 aromatic carbocycles. The van der Waals surface area contributed by atoms with Gasteiger partial charge in [0.2, 0.25) is 15.9 Å². The van der Waals surface area contributed by atoms with Gasteiger partial charge in [0.25, 0.3) is 5.91 Å². The molecule has 4 rings (SSSR count). The van der Waals surface area contributed by atoms with Crippen molar-refractivity contribution in [3.63, 3.8) is 0 Å². The lowest BCUT2D eigenvalue weighted by Crippen LogP contribution is -2.33. The minimum atomic E-state index is -3.64. The molecule has 9 heteroatoms. The van der Waals surface area contributed by atoms with Crippen LogP contribution in [0.3, 0.4) is 0 Å². The van der Waals surface area contributed by atoms with Gasteiger partial charge in [0.1, 0.15) is 0 Å². The highest BCUT2D eigenvalue weighted by Crippen LogP contribution is 2.43. The van der Waals surface area contributed by atoms with E-state index >= 15 is 0 Å². The maximum Gasteiger partial charge on any atom is 0.251 e. The zero-order chi connectivity index (χ0) is 24.1. The molecule has 2 N–H and O–H groups in total. The molecule has 3 atom stereocenters. The van der Waals surface area contributed by atoms with Crippen LogP contribution >= 0.6 is 11.8 Å². The van der Waals surface area contributed by atoms with Gasteiger partial charge in [0.15, 0.2) is 0 Å². The van der Waals surface area contributed by atoms with Crippen molar-refractivity contribution in [3.05, 3.63) is 78.4 Å². The lowest BCUT2D eigenvalue weighted by molar-refractivity contribution is -0.116. The zero-order valence-electron chi connectivity index (χ0n) is 18.9. The van der Waals surface area contributed by atoms with Crippen molar-refractivity contribution in [1.82, 2.24) is 14.9 Å². The van der Waals surface area contributed by atoms with E-state index in [9.17, 15) is 18.0 Å². The number of nitrogens with one attached hydrogen (secondary N) is 2. The number of hydrogen-bond acceptors (Lipinski definition) is 5.